The molecule has 0 aromatic heterocycles. The Labute approximate surface area is 136 Å². The first-order chi connectivity index (χ1) is 11.2. The van der Waals surface area contributed by atoms with Gasteiger partial charge in [0.15, 0.2) is 0 Å². The Hall–Kier alpha value is -1.87. The summed E-state index contributed by atoms with van der Waals surface area (Å²) in [5, 5.41) is 10.1. The van der Waals surface area contributed by atoms with E-state index in [1.807, 2.05) is 12.1 Å². The van der Waals surface area contributed by atoms with Gasteiger partial charge in [0.2, 0.25) is 0 Å². The van der Waals surface area contributed by atoms with Gasteiger partial charge in [-0.25, -0.2) is 4.39 Å². The Balaban J connectivity index is 1.53. The molecule has 122 valence electrons. The van der Waals surface area contributed by atoms with Crippen LogP contribution in [0.1, 0.15) is 36.8 Å². The molecule has 3 heteroatoms. The number of hydrogen-bond acceptors (Lipinski definition) is 2. The molecule has 2 aromatic carbocycles. The molecule has 2 atom stereocenters. The summed E-state index contributed by atoms with van der Waals surface area (Å²) in [6.07, 6.45) is 5.19. The van der Waals surface area contributed by atoms with E-state index in [0.717, 1.165) is 37.0 Å². The number of benzene rings is 2. The van der Waals surface area contributed by atoms with Gasteiger partial charge in [-0.05, 0) is 60.6 Å². The van der Waals surface area contributed by atoms with Gasteiger partial charge in [-0.3, -0.25) is 0 Å². The number of hydrogen-bond donors (Lipinski definition) is 1. The smallest absolute Gasteiger partial charge is 0.123 e. The molecule has 3 rings (SSSR count). The number of aliphatic hydroxyl groups is 1. The van der Waals surface area contributed by atoms with Crippen molar-refractivity contribution in [3.8, 4) is 5.75 Å². The molecule has 23 heavy (non-hydrogen) atoms. The molecule has 1 N–H and O–H groups in total. The molecule has 0 bridgehead atoms. The van der Waals surface area contributed by atoms with E-state index >= 15 is 0 Å². The molecule has 0 heterocycles. The third-order valence-electron chi connectivity index (χ3n) is 4.61. The van der Waals surface area contributed by atoms with Crippen LogP contribution in [0.4, 0.5) is 4.39 Å². The summed E-state index contributed by atoms with van der Waals surface area (Å²) >= 11 is 0. The maximum atomic E-state index is 12.9. The van der Waals surface area contributed by atoms with Gasteiger partial charge in [0.25, 0.3) is 0 Å². The highest BCUT2D eigenvalue weighted by molar-refractivity contribution is 5.28. The van der Waals surface area contributed by atoms with Gasteiger partial charge in [0, 0.05) is 0 Å². The lowest BCUT2D eigenvalue weighted by atomic mass is 9.82. The minimum absolute atomic E-state index is 0.154. The van der Waals surface area contributed by atoms with E-state index in [1.165, 1.54) is 24.1 Å². The predicted molar refractivity (Wildman–Crippen MR) is 88.8 cm³/mol. The normalized spacial score (nSPS) is 21.1. The third-order valence-corrected chi connectivity index (χ3v) is 4.61. The Morgan fingerprint density at radius 1 is 0.913 bits per heavy atom. The summed E-state index contributed by atoms with van der Waals surface area (Å²) in [5.41, 5.74) is 2.19. The summed E-state index contributed by atoms with van der Waals surface area (Å²) < 4.78 is 18.6. The van der Waals surface area contributed by atoms with Gasteiger partial charge in [-0.1, -0.05) is 37.1 Å². The first kappa shape index (κ1) is 16.0. The van der Waals surface area contributed by atoms with Crippen LogP contribution in [0.15, 0.2) is 48.5 Å². The second-order valence-electron chi connectivity index (χ2n) is 6.38. The van der Waals surface area contributed by atoms with Crippen LogP contribution in [0.5, 0.6) is 5.75 Å². The molecule has 0 aliphatic heterocycles. The molecule has 1 aliphatic carbocycles. The van der Waals surface area contributed by atoms with E-state index in [-0.39, 0.29) is 11.9 Å². The van der Waals surface area contributed by atoms with E-state index in [1.54, 1.807) is 12.1 Å². The number of ether oxygens (including phenoxy) is 1. The van der Waals surface area contributed by atoms with Gasteiger partial charge in [-0.15, -0.1) is 0 Å². The van der Waals surface area contributed by atoms with Crippen molar-refractivity contribution in [2.45, 2.75) is 44.8 Å². The van der Waals surface area contributed by atoms with Gasteiger partial charge >= 0.3 is 0 Å². The molecule has 0 radical (unpaired) electrons. The molecule has 0 spiro atoms. The Kier molecular flexibility index (Phi) is 5.29. The van der Waals surface area contributed by atoms with Crippen LogP contribution < -0.4 is 4.74 Å². The Morgan fingerprint density at radius 3 is 2.26 bits per heavy atom. The second-order valence-corrected chi connectivity index (χ2v) is 6.38. The maximum absolute atomic E-state index is 12.9. The second kappa shape index (κ2) is 7.60. The van der Waals surface area contributed by atoms with Crippen molar-refractivity contribution in [3.63, 3.8) is 0 Å². The monoisotopic (exact) mass is 314 g/mol. The summed E-state index contributed by atoms with van der Waals surface area (Å²) in [7, 11) is 0. The minimum atomic E-state index is -0.233. The molecule has 2 nitrogen and oxygen atoms in total. The van der Waals surface area contributed by atoms with Crippen LogP contribution in [0, 0.1) is 11.7 Å². The lowest BCUT2D eigenvalue weighted by Crippen LogP contribution is -2.26. The summed E-state index contributed by atoms with van der Waals surface area (Å²) in [6, 6.07) is 14.4. The fourth-order valence-electron chi connectivity index (χ4n) is 3.20. The fourth-order valence-corrected chi connectivity index (χ4v) is 3.20. The molecule has 1 aliphatic rings. The Morgan fingerprint density at radius 2 is 1.57 bits per heavy atom. The van der Waals surface area contributed by atoms with E-state index in [0.29, 0.717) is 12.5 Å². The van der Waals surface area contributed by atoms with Gasteiger partial charge < -0.3 is 9.84 Å². The quantitative estimate of drug-likeness (QED) is 0.880. The molecule has 0 amide bonds. The maximum Gasteiger partial charge on any atom is 0.123 e. The number of aliphatic hydroxyl groups excluding tert-OH is 1. The third kappa shape index (κ3) is 4.55. The van der Waals surface area contributed by atoms with Crippen LogP contribution in [0.3, 0.4) is 0 Å². The van der Waals surface area contributed by atoms with E-state index in [2.05, 4.69) is 12.1 Å². The van der Waals surface area contributed by atoms with Crippen molar-refractivity contribution >= 4 is 0 Å². The van der Waals surface area contributed by atoms with E-state index in [4.69, 9.17) is 4.74 Å². The average molecular weight is 314 g/mol. The minimum Gasteiger partial charge on any atom is -0.489 e. The van der Waals surface area contributed by atoms with E-state index in [9.17, 15) is 9.50 Å². The van der Waals surface area contributed by atoms with Crippen LogP contribution in [0.25, 0.3) is 0 Å². The van der Waals surface area contributed by atoms with Gasteiger partial charge in [-0.2, -0.15) is 0 Å². The van der Waals surface area contributed by atoms with Crippen molar-refractivity contribution in [3.05, 3.63) is 65.5 Å². The van der Waals surface area contributed by atoms with Crippen LogP contribution in [0.2, 0.25) is 0 Å². The van der Waals surface area contributed by atoms with Crippen LogP contribution in [-0.4, -0.2) is 11.2 Å². The predicted octanol–water partition coefficient (Wildman–Crippen LogP) is 4.50. The van der Waals surface area contributed by atoms with Crippen molar-refractivity contribution in [1.82, 2.24) is 0 Å². The number of halogens is 1. The first-order valence-electron chi connectivity index (χ1n) is 8.35. The summed E-state index contributed by atoms with van der Waals surface area (Å²) in [5.74, 6) is 0.958. The molecule has 2 aromatic rings. The van der Waals surface area contributed by atoms with Crippen molar-refractivity contribution in [1.29, 1.82) is 0 Å². The zero-order valence-electron chi connectivity index (χ0n) is 13.2. The molecule has 1 saturated carbocycles. The lowest BCUT2D eigenvalue weighted by molar-refractivity contribution is 0.0700. The zero-order valence-corrected chi connectivity index (χ0v) is 13.2. The molecule has 2 unspecified atom stereocenters. The van der Waals surface area contributed by atoms with E-state index < -0.39 is 0 Å². The fraction of sp³-hybridized carbons (Fsp3) is 0.400. The molecule has 1 fully saturated rings. The van der Waals surface area contributed by atoms with Crippen molar-refractivity contribution in [2.24, 2.45) is 5.92 Å². The van der Waals surface area contributed by atoms with Gasteiger partial charge in [0.1, 0.15) is 18.2 Å². The van der Waals surface area contributed by atoms with Gasteiger partial charge in [0.05, 0.1) is 6.10 Å². The SMILES string of the molecule is OC1CCCCC1Cc1ccc(OCc2ccc(F)cc2)cc1. The largest absolute Gasteiger partial charge is 0.489 e. The highest BCUT2D eigenvalue weighted by Gasteiger charge is 2.22. The first-order valence-corrected chi connectivity index (χ1v) is 8.35. The zero-order chi connectivity index (χ0) is 16.1. The molecular formula is C20H23FO2. The summed E-state index contributed by atoms with van der Waals surface area (Å²) in [4.78, 5) is 0. The van der Waals surface area contributed by atoms with Crippen LogP contribution in [-0.2, 0) is 13.0 Å². The summed E-state index contributed by atoms with van der Waals surface area (Å²) in [6.45, 7) is 0.432. The highest BCUT2D eigenvalue weighted by Crippen LogP contribution is 2.28. The number of rotatable bonds is 5. The van der Waals surface area contributed by atoms with Crippen molar-refractivity contribution in [2.75, 3.05) is 0 Å². The highest BCUT2D eigenvalue weighted by atomic mass is 19.1. The Bertz CT molecular complexity index is 607. The lowest BCUT2D eigenvalue weighted by Gasteiger charge is -2.27. The average Bonchev–Trinajstić information content (AvgIpc) is 2.58. The topological polar surface area (TPSA) is 29.5 Å². The molecule has 0 saturated heterocycles. The molecular weight excluding hydrogens is 291 g/mol. The van der Waals surface area contributed by atoms with Crippen LogP contribution >= 0.6 is 0 Å². The van der Waals surface area contributed by atoms with Crippen molar-refractivity contribution < 1.29 is 14.2 Å². The standard InChI is InChI=1S/C20H23FO2/c21-18-9-5-16(6-10-18)14-23-19-11-7-15(8-12-19)13-17-3-1-2-4-20(17)22/h5-12,17,20,22H,1-4,13-14H2.